The van der Waals surface area contributed by atoms with E-state index in [-0.39, 0.29) is 11.8 Å². The minimum absolute atomic E-state index is 0.192. The van der Waals surface area contributed by atoms with Gasteiger partial charge in [0.15, 0.2) is 0 Å². The highest BCUT2D eigenvalue weighted by Crippen LogP contribution is 2.11. The van der Waals surface area contributed by atoms with Gasteiger partial charge in [-0.3, -0.25) is 0 Å². The molecule has 0 bridgehead atoms. The summed E-state index contributed by atoms with van der Waals surface area (Å²) in [4.78, 5) is 0. The van der Waals surface area contributed by atoms with Crippen LogP contribution in [0.25, 0.3) is 0 Å². The Labute approximate surface area is 112 Å². The van der Waals surface area contributed by atoms with Crippen LogP contribution in [-0.4, -0.2) is 33.0 Å². The van der Waals surface area contributed by atoms with Crippen LogP contribution in [0.4, 0.5) is 0 Å². The largest absolute Gasteiger partial charge is 0.313 e. The highest BCUT2D eigenvalue weighted by Gasteiger charge is 2.05. The maximum absolute atomic E-state index is 11.0. The van der Waals surface area contributed by atoms with Gasteiger partial charge in [0.1, 0.15) is 9.84 Å². The molecule has 1 aromatic carbocycles. The number of benzene rings is 1. The average Bonchev–Trinajstić information content (AvgIpc) is 2.19. The normalized spacial score (nSPS) is 13.6. The van der Waals surface area contributed by atoms with Crippen LogP contribution in [0.15, 0.2) is 28.7 Å². The third kappa shape index (κ3) is 6.81. The lowest BCUT2D eigenvalue weighted by atomic mass is 10.1. The summed E-state index contributed by atoms with van der Waals surface area (Å²) >= 11 is 3.39. The van der Waals surface area contributed by atoms with Crippen molar-refractivity contribution in [3.8, 4) is 0 Å². The van der Waals surface area contributed by atoms with Crippen LogP contribution in [0.2, 0.25) is 0 Å². The molecular formula is C12H18BrNO2S. The standard InChI is InChI=1S/C12H18BrNO2S/c1-10(14-7-8-17(2,15)16)9-11-3-5-12(13)6-4-11/h3-6,10,14H,7-9H2,1-2H3/t10-/m1/s1. The van der Waals surface area contributed by atoms with Crippen LogP contribution in [0, 0.1) is 0 Å². The van der Waals surface area contributed by atoms with E-state index in [1.807, 2.05) is 12.1 Å². The van der Waals surface area contributed by atoms with E-state index < -0.39 is 9.84 Å². The fraction of sp³-hybridized carbons (Fsp3) is 0.500. The Morgan fingerprint density at radius 2 is 1.88 bits per heavy atom. The quantitative estimate of drug-likeness (QED) is 0.872. The molecule has 17 heavy (non-hydrogen) atoms. The van der Waals surface area contributed by atoms with Crippen LogP contribution >= 0.6 is 15.9 Å². The fourth-order valence-electron chi connectivity index (χ4n) is 1.54. The zero-order valence-electron chi connectivity index (χ0n) is 10.1. The van der Waals surface area contributed by atoms with Gasteiger partial charge in [-0.1, -0.05) is 28.1 Å². The second-order valence-electron chi connectivity index (χ2n) is 4.32. The molecule has 0 aliphatic rings. The number of rotatable bonds is 6. The van der Waals surface area contributed by atoms with Crippen molar-refractivity contribution >= 4 is 25.8 Å². The van der Waals surface area contributed by atoms with Crippen molar-refractivity contribution in [2.75, 3.05) is 18.6 Å². The Hall–Kier alpha value is -0.390. The third-order valence-electron chi connectivity index (χ3n) is 2.42. The molecule has 1 aromatic rings. The molecule has 0 amide bonds. The molecule has 0 fully saturated rings. The fourth-order valence-corrected chi connectivity index (χ4v) is 2.29. The molecule has 0 aromatic heterocycles. The van der Waals surface area contributed by atoms with Crippen molar-refractivity contribution in [1.29, 1.82) is 0 Å². The van der Waals surface area contributed by atoms with Crippen LogP contribution in [0.3, 0.4) is 0 Å². The Morgan fingerprint density at radius 1 is 1.29 bits per heavy atom. The summed E-state index contributed by atoms with van der Waals surface area (Å²) in [5.74, 6) is 0.192. The van der Waals surface area contributed by atoms with Gasteiger partial charge in [0.2, 0.25) is 0 Å². The molecule has 0 saturated heterocycles. The van der Waals surface area contributed by atoms with E-state index in [4.69, 9.17) is 0 Å². The van der Waals surface area contributed by atoms with Gasteiger partial charge in [-0.2, -0.15) is 0 Å². The molecular weight excluding hydrogens is 302 g/mol. The summed E-state index contributed by atoms with van der Waals surface area (Å²) in [6.45, 7) is 2.57. The monoisotopic (exact) mass is 319 g/mol. The lowest BCUT2D eigenvalue weighted by Gasteiger charge is -2.13. The number of hydrogen-bond donors (Lipinski definition) is 1. The van der Waals surface area contributed by atoms with Crippen molar-refractivity contribution in [1.82, 2.24) is 5.32 Å². The van der Waals surface area contributed by atoms with E-state index in [0.29, 0.717) is 6.54 Å². The van der Waals surface area contributed by atoms with Gasteiger partial charge in [0, 0.05) is 23.3 Å². The van der Waals surface area contributed by atoms with E-state index in [9.17, 15) is 8.42 Å². The minimum Gasteiger partial charge on any atom is -0.313 e. The third-order valence-corrected chi connectivity index (χ3v) is 3.90. The van der Waals surface area contributed by atoms with E-state index in [2.05, 4.69) is 40.3 Å². The predicted octanol–water partition coefficient (Wildman–Crippen LogP) is 2.01. The topological polar surface area (TPSA) is 46.2 Å². The molecule has 0 spiro atoms. The summed E-state index contributed by atoms with van der Waals surface area (Å²) in [5.41, 5.74) is 1.24. The van der Waals surface area contributed by atoms with Crippen LogP contribution in [0.1, 0.15) is 12.5 Å². The van der Waals surface area contributed by atoms with Crippen molar-refractivity contribution < 1.29 is 8.42 Å². The Morgan fingerprint density at radius 3 is 2.41 bits per heavy atom. The first-order valence-electron chi connectivity index (χ1n) is 5.52. The molecule has 0 aliphatic heterocycles. The van der Waals surface area contributed by atoms with E-state index in [1.165, 1.54) is 11.8 Å². The second-order valence-corrected chi connectivity index (χ2v) is 7.49. The molecule has 96 valence electrons. The number of nitrogens with one attached hydrogen (secondary N) is 1. The number of halogens is 1. The maximum atomic E-state index is 11.0. The smallest absolute Gasteiger partial charge is 0.148 e. The van der Waals surface area contributed by atoms with Gasteiger partial charge >= 0.3 is 0 Å². The molecule has 0 unspecified atom stereocenters. The van der Waals surface area contributed by atoms with Crippen LogP contribution in [-0.2, 0) is 16.3 Å². The summed E-state index contributed by atoms with van der Waals surface area (Å²) < 4.78 is 23.0. The van der Waals surface area contributed by atoms with Gasteiger partial charge in [-0.25, -0.2) is 8.42 Å². The molecule has 1 atom stereocenters. The average molecular weight is 320 g/mol. The highest BCUT2D eigenvalue weighted by molar-refractivity contribution is 9.10. The lowest BCUT2D eigenvalue weighted by Crippen LogP contribution is -2.32. The number of hydrogen-bond acceptors (Lipinski definition) is 3. The molecule has 0 radical (unpaired) electrons. The summed E-state index contributed by atoms with van der Waals surface area (Å²) in [6.07, 6.45) is 2.16. The molecule has 5 heteroatoms. The van der Waals surface area contributed by atoms with Crippen LogP contribution in [0.5, 0.6) is 0 Å². The summed E-state index contributed by atoms with van der Waals surface area (Å²) in [5, 5.41) is 3.21. The van der Waals surface area contributed by atoms with Crippen molar-refractivity contribution in [3.63, 3.8) is 0 Å². The zero-order chi connectivity index (χ0) is 12.9. The maximum Gasteiger partial charge on any atom is 0.148 e. The van der Waals surface area contributed by atoms with Gasteiger partial charge < -0.3 is 5.32 Å². The molecule has 1 N–H and O–H groups in total. The first-order chi connectivity index (χ1) is 7.87. The molecule has 1 rings (SSSR count). The minimum atomic E-state index is -2.87. The first-order valence-corrected chi connectivity index (χ1v) is 8.38. The molecule has 0 aliphatic carbocycles. The Kier molecular flexibility index (Phi) is 5.62. The van der Waals surface area contributed by atoms with Gasteiger partial charge in [-0.15, -0.1) is 0 Å². The summed E-state index contributed by atoms with van der Waals surface area (Å²) in [7, 11) is -2.87. The van der Waals surface area contributed by atoms with E-state index in [0.717, 1.165) is 10.9 Å². The zero-order valence-corrected chi connectivity index (χ0v) is 12.5. The van der Waals surface area contributed by atoms with Crippen molar-refractivity contribution in [2.24, 2.45) is 0 Å². The second kappa shape index (κ2) is 6.52. The van der Waals surface area contributed by atoms with E-state index in [1.54, 1.807) is 0 Å². The summed E-state index contributed by atoms with van der Waals surface area (Å²) in [6, 6.07) is 8.44. The van der Waals surface area contributed by atoms with Crippen molar-refractivity contribution in [3.05, 3.63) is 34.3 Å². The van der Waals surface area contributed by atoms with Crippen LogP contribution < -0.4 is 5.32 Å². The Bertz CT molecular complexity index is 442. The predicted molar refractivity (Wildman–Crippen MR) is 75.0 cm³/mol. The highest BCUT2D eigenvalue weighted by atomic mass is 79.9. The molecule has 3 nitrogen and oxygen atoms in total. The molecule has 0 heterocycles. The van der Waals surface area contributed by atoms with Crippen molar-refractivity contribution in [2.45, 2.75) is 19.4 Å². The van der Waals surface area contributed by atoms with E-state index >= 15 is 0 Å². The van der Waals surface area contributed by atoms with Gasteiger partial charge in [-0.05, 0) is 31.0 Å². The Balaban J connectivity index is 2.34. The molecule has 0 saturated carbocycles. The SMILES string of the molecule is C[C@H](Cc1ccc(Br)cc1)NCCS(C)(=O)=O. The van der Waals surface area contributed by atoms with Gasteiger partial charge in [0.05, 0.1) is 5.75 Å². The first kappa shape index (κ1) is 14.7. The lowest BCUT2D eigenvalue weighted by molar-refractivity contribution is 0.556. The number of sulfone groups is 1. The van der Waals surface area contributed by atoms with Gasteiger partial charge in [0.25, 0.3) is 0 Å².